The lowest BCUT2D eigenvalue weighted by Gasteiger charge is -2.37. The highest BCUT2D eigenvalue weighted by molar-refractivity contribution is 5.96. The number of nitrogens with one attached hydrogen (secondary N) is 2. The molecule has 4 aromatic carbocycles. The monoisotopic (exact) mass is 1020 g/mol. The van der Waals surface area contributed by atoms with Gasteiger partial charge in [0.2, 0.25) is 23.1 Å². The highest BCUT2D eigenvalue weighted by atomic mass is 16.7. The third kappa shape index (κ3) is 11.0. The van der Waals surface area contributed by atoms with Gasteiger partial charge in [0.05, 0.1) is 49.7 Å². The minimum Gasteiger partial charge on any atom is -0.493 e. The van der Waals surface area contributed by atoms with Crippen molar-refractivity contribution in [3.63, 3.8) is 0 Å². The number of hydrogen-bond donors (Lipinski definition) is 2. The Labute approximate surface area is 440 Å². The molecule has 2 N–H and O–H groups in total. The van der Waals surface area contributed by atoms with Crippen molar-refractivity contribution in [2.45, 2.75) is 103 Å². The SMILES string of the molecule is COc1cc(C(=O)N(Cc2ccc3ccccc3n2)C[C@@H]2CCCN2)cc2c1OC(C)(C)O2.COc1cc(C(=O)N(Cc2ccc3ccccc3n2)C[C@@H]2CCCN2CC2[C@@H]3CC[C@H]2CNC3)cc2c1OC(C)(C)O2. The number of likely N-dealkylation sites (tertiary alicyclic amines) is 1. The van der Waals surface area contributed by atoms with Crippen LogP contribution in [0.25, 0.3) is 21.8 Å². The Balaban J connectivity index is 0.000000165. The third-order valence-electron chi connectivity index (χ3n) is 15.9. The Morgan fingerprint density at radius 2 is 1.19 bits per heavy atom. The van der Waals surface area contributed by atoms with Gasteiger partial charge >= 0.3 is 0 Å². The molecule has 7 heterocycles. The van der Waals surface area contributed by atoms with Gasteiger partial charge in [-0.3, -0.25) is 24.5 Å². The number of methoxy groups -OCH3 is 2. The van der Waals surface area contributed by atoms with Gasteiger partial charge in [-0.25, -0.2) is 0 Å². The van der Waals surface area contributed by atoms with Gasteiger partial charge in [-0.2, -0.15) is 0 Å². The molecule has 6 aromatic rings. The predicted octanol–water partition coefficient (Wildman–Crippen LogP) is 9.25. The van der Waals surface area contributed by atoms with Gasteiger partial charge in [0.15, 0.2) is 23.0 Å². The molecule has 5 aliphatic heterocycles. The zero-order valence-electron chi connectivity index (χ0n) is 44.2. The van der Waals surface area contributed by atoms with E-state index in [1.54, 1.807) is 38.5 Å². The first-order chi connectivity index (χ1) is 36.3. The van der Waals surface area contributed by atoms with Crippen LogP contribution < -0.4 is 39.1 Å². The van der Waals surface area contributed by atoms with E-state index in [4.69, 9.17) is 38.4 Å². The number of para-hydroxylation sites is 2. The van der Waals surface area contributed by atoms with Crippen molar-refractivity contribution >= 4 is 33.6 Å². The summed E-state index contributed by atoms with van der Waals surface area (Å²) >= 11 is 0. The molecule has 12 rings (SSSR count). The number of benzene rings is 4. The molecule has 5 atom stereocenters. The number of pyridine rings is 2. The van der Waals surface area contributed by atoms with Crippen LogP contribution in [0.5, 0.6) is 34.5 Å². The van der Waals surface area contributed by atoms with E-state index >= 15 is 0 Å². The highest BCUT2D eigenvalue weighted by Crippen LogP contribution is 2.48. The fraction of sp³-hybridized carbons (Fsp3) is 0.467. The number of piperidine rings is 1. The maximum absolute atomic E-state index is 14.4. The summed E-state index contributed by atoms with van der Waals surface area (Å²) in [7, 11) is 3.16. The van der Waals surface area contributed by atoms with Crippen molar-refractivity contribution in [3.05, 3.63) is 120 Å². The molecule has 394 valence electrons. The molecule has 3 saturated heterocycles. The number of carbonyl (C=O) groups excluding carboxylic acids is 2. The lowest BCUT2D eigenvalue weighted by molar-refractivity contribution is -0.0445. The van der Waals surface area contributed by atoms with Crippen molar-refractivity contribution in [2.24, 2.45) is 17.8 Å². The first-order valence-electron chi connectivity index (χ1n) is 26.9. The molecular formula is C60H71N7O8. The summed E-state index contributed by atoms with van der Waals surface area (Å²) in [5, 5.41) is 9.32. The minimum atomic E-state index is -0.815. The van der Waals surface area contributed by atoms with Crippen molar-refractivity contribution < 1.29 is 38.0 Å². The van der Waals surface area contributed by atoms with Crippen LogP contribution in [-0.4, -0.2) is 120 Å². The molecule has 1 unspecified atom stereocenters. The van der Waals surface area contributed by atoms with Crippen LogP contribution in [0, 0.1) is 17.8 Å². The summed E-state index contributed by atoms with van der Waals surface area (Å²) in [6.07, 6.45) is 7.15. The Morgan fingerprint density at radius 1 is 0.653 bits per heavy atom. The second-order valence-electron chi connectivity index (χ2n) is 22.1. The molecule has 2 aromatic heterocycles. The van der Waals surface area contributed by atoms with Crippen molar-refractivity contribution in [3.8, 4) is 34.5 Å². The van der Waals surface area contributed by atoms with Gasteiger partial charge in [0.25, 0.3) is 11.8 Å². The molecule has 2 amide bonds. The zero-order chi connectivity index (χ0) is 51.8. The van der Waals surface area contributed by atoms with E-state index in [-0.39, 0.29) is 17.9 Å². The molecule has 4 fully saturated rings. The Kier molecular flexibility index (Phi) is 14.2. The van der Waals surface area contributed by atoms with E-state index in [1.807, 2.05) is 92.1 Å². The van der Waals surface area contributed by atoms with E-state index in [2.05, 4.69) is 33.7 Å². The second-order valence-corrected chi connectivity index (χ2v) is 22.1. The van der Waals surface area contributed by atoms with Crippen LogP contribution in [-0.2, 0) is 13.1 Å². The van der Waals surface area contributed by atoms with Crippen LogP contribution in [0.3, 0.4) is 0 Å². The van der Waals surface area contributed by atoms with E-state index in [1.165, 1.54) is 19.3 Å². The third-order valence-corrected chi connectivity index (χ3v) is 15.9. The average molecular weight is 1020 g/mol. The molecule has 0 radical (unpaired) electrons. The summed E-state index contributed by atoms with van der Waals surface area (Å²) in [5.41, 5.74) is 4.65. The van der Waals surface area contributed by atoms with Gasteiger partial charge in [-0.15, -0.1) is 0 Å². The van der Waals surface area contributed by atoms with Crippen LogP contribution >= 0.6 is 0 Å². The van der Waals surface area contributed by atoms with Gasteiger partial charge in [-0.05, 0) is 131 Å². The average Bonchev–Trinajstić information content (AvgIpc) is 4.25. The molecular weight excluding hydrogens is 947 g/mol. The standard InChI is InChI=1S/C34H42N4O4.C26H29N3O4/c1-34(2)41-31-16-25(15-30(40-3)32(31)42-34)33(39)38(19-26-13-12-22-7-4-5-9-29(22)36-26)20-27-8-6-14-37(27)21-28-23-10-11-24(28)18-35-17-23;1-26(2)32-23-14-18(13-22(31-3)24(23)33-26)25(30)29(15-19-8-6-12-27-19)16-20-11-10-17-7-4-5-9-21(17)28-20/h4-5,7,9,12-13,15-16,23-24,27-28,35H,6,8,10-11,14,17-21H2,1-3H3;4-5,7,9-11,13-14,19,27H,6,8,12,15-16H2,1-3H3/t23-,24+,27-,28?;19-/m00/s1. The number of carbonyl (C=O) groups is 2. The number of aromatic nitrogens is 2. The van der Waals surface area contributed by atoms with E-state index < -0.39 is 11.6 Å². The normalized spacial score (nSPS) is 22.7. The number of fused-ring (bicyclic) bond motifs is 6. The van der Waals surface area contributed by atoms with Crippen LogP contribution in [0.15, 0.2) is 97.1 Å². The minimum absolute atomic E-state index is 0.0480. The van der Waals surface area contributed by atoms with Crippen LogP contribution in [0.2, 0.25) is 0 Å². The van der Waals surface area contributed by atoms with E-state index in [0.717, 1.165) is 103 Å². The first-order valence-corrected chi connectivity index (χ1v) is 26.9. The molecule has 2 bridgehead atoms. The number of ether oxygens (including phenoxy) is 6. The van der Waals surface area contributed by atoms with Gasteiger partial charge in [-0.1, -0.05) is 48.5 Å². The lowest BCUT2D eigenvalue weighted by atomic mass is 9.85. The van der Waals surface area contributed by atoms with Crippen molar-refractivity contribution in [2.75, 3.05) is 60.0 Å². The zero-order valence-corrected chi connectivity index (χ0v) is 44.2. The van der Waals surface area contributed by atoms with Gasteiger partial charge in [0.1, 0.15) is 0 Å². The van der Waals surface area contributed by atoms with E-state index in [9.17, 15) is 9.59 Å². The summed E-state index contributed by atoms with van der Waals surface area (Å²) in [6, 6.07) is 32.0. The summed E-state index contributed by atoms with van der Waals surface area (Å²) < 4.78 is 34.9. The Bertz CT molecular complexity index is 3050. The predicted molar refractivity (Wildman–Crippen MR) is 288 cm³/mol. The van der Waals surface area contributed by atoms with Gasteiger partial charge in [0, 0.05) is 81.3 Å². The largest absolute Gasteiger partial charge is 0.493 e. The summed E-state index contributed by atoms with van der Waals surface area (Å²) in [4.78, 5) is 44.4. The molecule has 15 heteroatoms. The molecule has 75 heavy (non-hydrogen) atoms. The quantitative estimate of drug-likeness (QED) is 0.107. The topological polar surface area (TPSA) is 149 Å². The van der Waals surface area contributed by atoms with Gasteiger partial charge < -0.3 is 48.9 Å². The van der Waals surface area contributed by atoms with Crippen molar-refractivity contribution in [1.82, 2.24) is 35.3 Å². The summed E-state index contributed by atoms with van der Waals surface area (Å²) in [6.45, 7) is 15.0. The number of hydrogen-bond acceptors (Lipinski definition) is 13. The van der Waals surface area contributed by atoms with Crippen molar-refractivity contribution in [1.29, 1.82) is 0 Å². The number of amides is 2. The lowest BCUT2D eigenvalue weighted by Crippen LogP contribution is -2.48. The fourth-order valence-electron chi connectivity index (χ4n) is 12.3. The Hall–Kier alpha value is -6.68. The molecule has 1 saturated carbocycles. The maximum atomic E-state index is 14.4. The smallest absolute Gasteiger partial charge is 0.254 e. The summed E-state index contributed by atoms with van der Waals surface area (Å²) in [5.74, 6) is 3.70. The fourth-order valence-corrected chi connectivity index (χ4v) is 12.3. The first kappa shape index (κ1) is 50.5. The Morgan fingerprint density at radius 3 is 1.71 bits per heavy atom. The maximum Gasteiger partial charge on any atom is 0.254 e. The molecule has 0 spiro atoms. The number of rotatable bonds is 14. The van der Waals surface area contributed by atoms with Crippen LogP contribution in [0.1, 0.15) is 98.3 Å². The highest BCUT2D eigenvalue weighted by Gasteiger charge is 2.42. The number of nitrogens with zero attached hydrogens (tertiary/aromatic N) is 5. The van der Waals surface area contributed by atoms with Crippen LogP contribution in [0.4, 0.5) is 0 Å². The molecule has 15 nitrogen and oxygen atoms in total. The second kappa shape index (κ2) is 21.2. The van der Waals surface area contributed by atoms with E-state index in [0.29, 0.717) is 77.8 Å². The molecule has 1 aliphatic carbocycles. The molecule has 6 aliphatic rings.